The monoisotopic (exact) mass is 2060 g/mol. The Balaban J connectivity index is 0.000000411. The van der Waals surface area contributed by atoms with E-state index < -0.39 is 0 Å². The molecule has 0 amide bonds. The Hall–Kier alpha value is -9.53. The first kappa shape index (κ1) is 89.6. The summed E-state index contributed by atoms with van der Waals surface area (Å²) in [5.74, 6) is -0.0625. The molecule has 0 aliphatic carbocycles. The van der Waals surface area contributed by atoms with Crippen LogP contribution in [0.2, 0.25) is 0 Å². The standard InChI is InChI=1S/2C18H14N.4C12H10N.C5H8O2.2CH4.4Ir/c2*1-14-12-18(16-10-6-3-7-11-16)19-13-17(14)15-8-4-2-5-9-15;3*1-10-5-4-6-11(9-10)12-7-2-3-8-13-12;1-10-6-2-3-7-11(10)12-8-4-5-9-13-12;1-4(6)3-5(2)7;;;;;;/h2*2-10,12-13H,1H3;3*2-5,7-9H,1H3;2-6,8-9H,1H3;3,6H,1-2H3;2*1H4;;;;/q6*-1;;;;;;;. The van der Waals surface area contributed by atoms with Crippen LogP contribution < -0.4 is 0 Å². The molecule has 0 aliphatic rings. The first-order chi connectivity index (χ1) is 47.3. The minimum absolute atomic E-state index is 0. The summed E-state index contributed by atoms with van der Waals surface area (Å²) in [6.07, 6.45) is 12.2. The third-order valence-corrected chi connectivity index (χ3v) is 14.5. The van der Waals surface area contributed by atoms with E-state index in [1.54, 1.807) is 24.8 Å². The molecule has 6 aromatic heterocycles. The topological polar surface area (TPSA) is 115 Å². The molecule has 0 aliphatic heterocycles. The minimum Gasteiger partial charge on any atom is -0.512 e. The van der Waals surface area contributed by atoms with Gasteiger partial charge < -0.3 is 35.0 Å². The predicted molar refractivity (Wildman–Crippen MR) is 411 cm³/mol. The van der Waals surface area contributed by atoms with Crippen molar-refractivity contribution in [1.29, 1.82) is 0 Å². The van der Waals surface area contributed by atoms with Crippen molar-refractivity contribution < 1.29 is 90.3 Å². The van der Waals surface area contributed by atoms with Crippen LogP contribution in [0.1, 0.15) is 62.1 Å². The number of nitrogens with zero attached hydrogens (tertiary/aromatic N) is 6. The number of hydrogen-bond acceptors (Lipinski definition) is 8. The summed E-state index contributed by atoms with van der Waals surface area (Å²) < 4.78 is 0. The number of carbonyl (C=O) groups excluding carboxylic acids is 1. The van der Waals surface area contributed by atoms with Crippen molar-refractivity contribution in [2.45, 2.75) is 70.2 Å². The molecule has 0 unspecified atom stereocenters. The summed E-state index contributed by atoms with van der Waals surface area (Å²) in [4.78, 5) is 36.2. The second kappa shape index (κ2) is 49.1. The van der Waals surface area contributed by atoms with Crippen molar-refractivity contribution in [2.75, 3.05) is 0 Å². The van der Waals surface area contributed by atoms with Gasteiger partial charge in [0.2, 0.25) is 0 Å². The van der Waals surface area contributed by atoms with Crippen molar-refractivity contribution in [2.24, 2.45) is 0 Å². The molecule has 532 valence electrons. The van der Waals surface area contributed by atoms with Crippen molar-refractivity contribution in [1.82, 2.24) is 29.9 Å². The van der Waals surface area contributed by atoms with E-state index in [-0.39, 0.29) is 107 Å². The fourth-order valence-electron chi connectivity index (χ4n) is 9.70. The van der Waals surface area contributed by atoms with E-state index in [0.717, 1.165) is 67.5 Å². The maximum atomic E-state index is 10.0. The molecular formula is C91H84Ir4N6O2-6. The minimum atomic E-state index is -0.125. The van der Waals surface area contributed by atoms with Crippen LogP contribution in [0.4, 0.5) is 0 Å². The van der Waals surface area contributed by atoms with Crippen molar-refractivity contribution >= 4 is 5.78 Å². The summed E-state index contributed by atoms with van der Waals surface area (Å²) in [5.41, 5.74) is 24.3. The maximum Gasteiger partial charge on any atom is 0.155 e. The van der Waals surface area contributed by atoms with E-state index >= 15 is 0 Å². The fourth-order valence-corrected chi connectivity index (χ4v) is 9.70. The number of benzene rings is 8. The second-order valence-corrected chi connectivity index (χ2v) is 22.4. The van der Waals surface area contributed by atoms with Crippen LogP contribution in [0, 0.1) is 77.9 Å². The van der Waals surface area contributed by atoms with E-state index in [2.05, 4.69) is 169 Å². The van der Waals surface area contributed by atoms with Crippen LogP contribution in [-0.2, 0) is 85.2 Å². The van der Waals surface area contributed by atoms with Gasteiger partial charge in [0.05, 0.1) is 5.76 Å². The molecule has 14 aromatic rings. The second-order valence-electron chi connectivity index (χ2n) is 22.4. The van der Waals surface area contributed by atoms with Crippen LogP contribution in [0.15, 0.2) is 316 Å². The molecule has 4 radical (unpaired) electrons. The number of aliphatic hydroxyl groups is 1. The molecule has 103 heavy (non-hydrogen) atoms. The number of allylic oxidation sites excluding steroid dienone is 2. The van der Waals surface area contributed by atoms with E-state index in [0.29, 0.717) is 0 Å². The molecule has 0 fully saturated rings. The Morgan fingerprint density at radius 1 is 0.320 bits per heavy atom. The van der Waals surface area contributed by atoms with Crippen molar-refractivity contribution in [3.8, 4) is 89.8 Å². The van der Waals surface area contributed by atoms with Crippen molar-refractivity contribution in [3.05, 3.63) is 386 Å². The zero-order valence-electron chi connectivity index (χ0n) is 57.3. The Labute approximate surface area is 665 Å². The smallest absolute Gasteiger partial charge is 0.155 e. The number of carbonyl (C=O) groups is 1. The van der Waals surface area contributed by atoms with Crippen LogP contribution in [0.3, 0.4) is 0 Å². The number of hydrogen-bond donors (Lipinski definition) is 1. The molecule has 0 bridgehead atoms. The van der Waals surface area contributed by atoms with Gasteiger partial charge in [-0.25, -0.2) is 0 Å². The molecule has 6 heterocycles. The molecule has 8 aromatic carbocycles. The zero-order chi connectivity index (χ0) is 68.4. The quantitative estimate of drug-likeness (QED) is 0.0863. The average molecular weight is 2060 g/mol. The van der Waals surface area contributed by atoms with Gasteiger partial charge in [-0.15, -0.1) is 213 Å². The molecule has 1 N–H and O–H groups in total. The van der Waals surface area contributed by atoms with E-state index in [4.69, 9.17) is 5.11 Å². The summed E-state index contributed by atoms with van der Waals surface area (Å²) in [7, 11) is 0. The first-order valence-corrected chi connectivity index (χ1v) is 31.7. The predicted octanol–water partition coefficient (Wildman–Crippen LogP) is 22.8. The van der Waals surface area contributed by atoms with E-state index in [1.165, 1.54) is 75.6 Å². The largest absolute Gasteiger partial charge is 0.512 e. The van der Waals surface area contributed by atoms with Gasteiger partial charge in [0.1, 0.15) is 0 Å². The third kappa shape index (κ3) is 30.5. The Morgan fingerprint density at radius 3 is 0.932 bits per heavy atom. The van der Waals surface area contributed by atoms with Gasteiger partial charge in [0.25, 0.3) is 0 Å². The molecule has 0 saturated carbocycles. The summed E-state index contributed by atoms with van der Waals surface area (Å²) in [6, 6.07) is 108. The average Bonchev–Trinajstić information content (AvgIpc) is 0.831. The van der Waals surface area contributed by atoms with Gasteiger partial charge in [-0.1, -0.05) is 164 Å². The van der Waals surface area contributed by atoms with Crippen LogP contribution in [-0.4, -0.2) is 40.8 Å². The summed E-state index contributed by atoms with van der Waals surface area (Å²) in [6.45, 7) is 15.4. The third-order valence-electron chi connectivity index (χ3n) is 14.5. The maximum absolute atomic E-state index is 10.0. The van der Waals surface area contributed by atoms with Crippen LogP contribution in [0.25, 0.3) is 89.8 Å². The molecular weight excluding hydrogens is 1980 g/mol. The SMILES string of the molecule is C.C.CC(=O)C=C(C)O.Cc1cc(-c2[c-]cccc2)ncc1-c1ccccc1.Cc1cc(-c2[c-]cccc2)ncc1-c1ccccc1.Cc1cc[c-]c(-c2ccccn2)c1.Cc1cc[c-]c(-c2ccccn2)c1.Cc1cc[c-]c(-c2ccccn2)c1.Cc1ccc[c-]c1-c1ccccn1.[Ir].[Ir].[Ir].[Ir]. The van der Waals surface area contributed by atoms with Gasteiger partial charge in [0, 0.05) is 135 Å². The Bertz CT molecular complexity index is 4360. The van der Waals surface area contributed by atoms with Crippen LogP contribution >= 0.6 is 0 Å². The van der Waals surface area contributed by atoms with Gasteiger partial charge in [-0.2, -0.15) is 0 Å². The van der Waals surface area contributed by atoms with Crippen LogP contribution in [0.5, 0.6) is 0 Å². The Kier molecular flexibility index (Phi) is 42.7. The molecule has 0 saturated heterocycles. The van der Waals surface area contributed by atoms with Gasteiger partial charge in [-0.05, 0) is 108 Å². The molecule has 12 heteroatoms. The first-order valence-electron chi connectivity index (χ1n) is 31.7. The summed E-state index contributed by atoms with van der Waals surface area (Å²) >= 11 is 0. The molecule has 8 nitrogen and oxygen atoms in total. The number of pyridine rings is 6. The molecule has 14 rings (SSSR count). The van der Waals surface area contributed by atoms with Gasteiger partial charge in [-0.3, -0.25) is 4.79 Å². The normalized spacial score (nSPS) is 9.61. The van der Waals surface area contributed by atoms with Crippen molar-refractivity contribution in [3.63, 3.8) is 0 Å². The van der Waals surface area contributed by atoms with Gasteiger partial charge in [0.15, 0.2) is 5.78 Å². The number of rotatable bonds is 9. The number of aromatic nitrogens is 6. The molecule has 0 spiro atoms. The Morgan fingerprint density at radius 2 is 0.650 bits per heavy atom. The van der Waals surface area contributed by atoms with Gasteiger partial charge >= 0.3 is 0 Å². The zero-order valence-corrected chi connectivity index (χ0v) is 66.9. The number of aryl methyl sites for hydroxylation is 6. The van der Waals surface area contributed by atoms with E-state index in [9.17, 15) is 4.79 Å². The van der Waals surface area contributed by atoms with E-state index in [1.807, 2.05) is 219 Å². The fraction of sp³-hybridized carbons (Fsp3) is 0.110. The number of ketones is 1. The number of aliphatic hydroxyl groups excluding tert-OH is 1. The molecule has 0 atom stereocenters. The summed E-state index contributed by atoms with van der Waals surface area (Å²) in [5, 5.41) is 8.36.